The van der Waals surface area contributed by atoms with E-state index in [2.05, 4.69) is 0 Å². The first kappa shape index (κ1) is 12.4. The van der Waals surface area contributed by atoms with Gasteiger partial charge in [-0.15, -0.1) is 0 Å². The molecule has 1 aromatic carbocycles. The van der Waals surface area contributed by atoms with Crippen molar-refractivity contribution in [2.75, 3.05) is 13.2 Å². The average Bonchev–Trinajstić information content (AvgIpc) is 2.18. The van der Waals surface area contributed by atoms with Crippen LogP contribution in [0.1, 0.15) is 24.9 Å². The van der Waals surface area contributed by atoms with E-state index in [1.54, 1.807) is 12.1 Å². The second kappa shape index (κ2) is 6.05. The highest BCUT2D eigenvalue weighted by Crippen LogP contribution is 2.24. The maximum Gasteiger partial charge on any atom is 0.129 e. The summed E-state index contributed by atoms with van der Waals surface area (Å²) >= 11 is 5.86. The summed E-state index contributed by atoms with van der Waals surface area (Å²) in [7, 11) is 0. The van der Waals surface area contributed by atoms with Gasteiger partial charge in [-0.3, -0.25) is 0 Å². The van der Waals surface area contributed by atoms with Gasteiger partial charge in [0.1, 0.15) is 5.82 Å². The molecular weight excluding hydrogens is 217 g/mol. The van der Waals surface area contributed by atoms with Crippen molar-refractivity contribution < 1.29 is 9.13 Å². The normalized spacial score (nSPS) is 12.8. The first-order chi connectivity index (χ1) is 7.16. The highest BCUT2D eigenvalue weighted by Gasteiger charge is 2.14. The van der Waals surface area contributed by atoms with Crippen molar-refractivity contribution in [3.63, 3.8) is 0 Å². The molecule has 0 aromatic heterocycles. The molecule has 0 bridgehead atoms. The first-order valence-electron chi connectivity index (χ1n) is 4.94. The Bertz CT molecular complexity index is 299. The monoisotopic (exact) mass is 231 g/mol. The molecule has 0 spiro atoms. The van der Waals surface area contributed by atoms with E-state index in [1.165, 1.54) is 6.07 Å². The third kappa shape index (κ3) is 3.45. The van der Waals surface area contributed by atoms with Gasteiger partial charge in [-0.2, -0.15) is 0 Å². The Kier molecular flexibility index (Phi) is 5.02. The lowest BCUT2D eigenvalue weighted by Gasteiger charge is -2.14. The molecule has 1 unspecified atom stereocenters. The van der Waals surface area contributed by atoms with Crippen molar-refractivity contribution in [1.82, 2.24) is 0 Å². The molecular formula is C11H15ClFNO. The molecule has 0 fully saturated rings. The quantitative estimate of drug-likeness (QED) is 0.791. The van der Waals surface area contributed by atoms with Gasteiger partial charge in [0, 0.05) is 17.2 Å². The van der Waals surface area contributed by atoms with E-state index in [-0.39, 0.29) is 12.4 Å². The average molecular weight is 232 g/mol. The van der Waals surface area contributed by atoms with Gasteiger partial charge in [0.2, 0.25) is 0 Å². The summed E-state index contributed by atoms with van der Waals surface area (Å²) in [6.45, 7) is 2.91. The van der Waals surface area contributed by atoms with Gasteiger partial charge in [0.25, 0.3) is 0 Å². The van der Waals surface area contributed by atoms with Gasteiger partial charge < -0.3 is 10.5 Å². The van der Waals surface area contributed by atoms with E-state index in [1.807, 2.05) is 6.92 Å². The molecule has 15 heavy (non-hydrogen) atoms. The first-order valence-corrected chi connectivity index (χ1v) is 5.31. The number of hydrogen-bond donors (Lipinski definition) is 1. The van der Waals surface area contributed by atoms with E-state index in [4.69, 9.17) is 22.1 Å². The van der Waals surface area contributed by atoms with Crippen LogP contribution >= 0.6 is 11.6 Å². The molecule has 0 saturated heterocycles. The minimum Gasteiger partial charge on any atom is -0.379 e. The SMILES string of the molecule is CCCOCC(N)c1c(F)cccc1Cl. The van der Waals surface area contributed by atoms with Gasteiger partial charge in [-0.25, -0.2) is 4.39 Å². The number of benzene rings is 1. The van der Waals surface area contributed by atoms with Crippen LogP contribution in [0.15, 0.2) is 18.2 Å². The fourth-order valence-electron chi connectivity index (χ4n) is 1.30. The number of ether oxygens (including phenoxy) is 1. The second-order valence-corrected chi connectivity index (χ2v) is 3.72. The zero-order chi connectivity index (χ0) is 11.3. The Morgan fingerprint density at radius 3 is 2.87 bits per heavy atom. The lowest BCUT2D eigenvalue weighted by atomic mass is 10.1. The van der Waals surface area contributed by atoms with Crippen molar-refractivity contribution in [3.05, 3.63) is 34.6 Å². The maximum atomic E-state index is 13.4. The smallest absolute Gasteiger partial charge is 0.129 e. The molecule has 2 N–H and O–H groups in total. The Morgan fingerprint density at radius 1 is 1.53 bits per heavy atom. The number of rotatable bonds is 5. The molecule has 2 nitrogen and oxygen atoms in total. The van der Waals surface area contributed by atoms with E-state index >= 15 is 0 Å². The minimum atomic E-state index is -0.509. The molecule has 0 radical (unpaired) electrons. The molecule has 4 heteroatoms. The summed E-state index contributed by atoms with van der Waals surface area (Å²) in [5, 5.41) is 0.350. The zero-order valence-corrected chi connectivity index (χ0v) is 9.43. The van der Waals surface area contributed by atoms with Crippen molar-refractivity contribution in [1.29, 1.82) is 0 Å². The molecule has 84 valence electrons. The Hall–Kier alpha value is -0.640. The summed E-state index contributed by atoms with van der Waals surface area (Å²) in [6, 6.07) is 4.02. The topological polar surface area (TPSA) is 35.2 Å². The summed E-state index contributed by atoms with van der Waals surface area (Å²) < 4.78 is 18.6. The van der Waals surface area contributed by atoms with Crippen LogP contribution in [-0.2, 0) is 4.74 Å². The lowest BCUT2D eigenvalue weighted by Crippen LogP contribution is -2.19. The van der Waals surface area contributed by atoms with Crippen LogP contribution in [-0.4, -0.2) is 13.2 Å². The van der Waals surface area contributed by atoms with Crippen LogP contribution in [0.2, 0.25) is 5.02 Å². The Balaban J connectivity index is 2.68. The Labute approximate surface area is 94.2 Å². The van der Waals surface area contributed by atoms with E-state index in [0.29, 0.717) is 17.2 Å². The van der Waals surface area contributed by atoms with Crippen molar-refractivity contribution in [3.8, 4) is 0 Å². The van der Waals surface area contributed by atoms with Gasteiger partial charge in [0.15, 0.2) is 0 Å². The third-order valence-electron chi connectivity index (χ3n) is 2.02. The molecule has 0 aliphatic heterocycles. The number of hydrogen-bond acceptors (Lipinski definition) is 2. The van der Waals surface area contributed by atoms with Crippen molar-refractivity contribution in [2.45, 2.75) is 19.4 Å². The van der Waals surface area contributed by atoms with Crippen LogP contribution in [0.5, 0.6) is 0 Å². The van der Waals surface area contributed by atoms with E-state index in [9.17, 15) is 4.39 Å². The molecule has 0 aliphatic carbocycles. The molecule has 0 amide bonds. The number of halogens is 2. The molecule has 1 rings (SSSR count). The summed E-state index contributed by atoms with van der Waals surface area (Å²) in [6.07, 6.45) is 0.914. The zero-order valence-electron chi connectivity index (χ0n) is 8.67. The standard InChI is InChI=1S/C11H15ClFNO/c1-2-6-15-7-10(14)11-8(12)4-3-5-9(11)13/h3-5,10H,2,6-7,14H2,1H3. The van der Waals surface area contributed by atoms with Gasteiger partial charge >= 0.3 is 0 Å². The largest absolute Gasteiger partial charge is 0.379 e. The summed E-state index contributed by atoms with van der Waals surface area (Å²) in [5.74, 6) is -0.380. The molecule has 1 atom stereocenters. The predicted octanol–water partition coefficient (Wildman–Crippen LogP) is 2.91. The van der Waals surface area contributed by atoms with Crippen LogP contribution in [0.25, 0.3) is 0 Å². The molecule has 0 heterocycles. The van der Waals surface area contributed by atoms with Crippen LogP contribution in [0.3, 0.4) is 0 Å². The van der Waals surface area contributed by atoms with E-state index < -0.39 is 6.04 Å². The third-order valence-corrected chi connectivity index (χ3v) is 2.35. The van der Waals surface area contributed by atoms with Crippen LogP contribution in [0.4, 0.5) is 4.39 Å². The number of nitrogens with two attached hydrogens (primary N) is 1. The van der Waals surface area contributed by atoms with Crippen molar-refractivity contribution >= 4 is 11.6 Å². The van der Waals surface area contributed by atoms with Gasteiger partial charge in [-0.1, -0.05) is 24.6 Å². The van der Waals surface area contributed by atoms with Gasteiger partial charge in [-0.05, 0) is 18.6 Å². The van der Waals surface area contributed by atoms with Crippen molar-refractivity contribution in [2.24, 2.45) is 5.73 Å². The second-order valence-electron chi connectivity index (χ2n) is 3.32. The molecule has 1 aromatic rings. The highest BCUT2D eigenvalue weighted by molar-refractivity contribution is 6.31. The maximum absolute atomic E-state index is 13.4. The van der Waals surface area contributed by atoms with Gasteiger partial charge in [0.05, 0.1) is 12.6 Å². The van der Waals surface area contributed by atoms with E-state index in [0.717, 1.165) is 6.42 Å². The highest BCUT2D eigenvalue weighted by atomic mass is 35.5. The molecule has 0 saturated carbocycles. The van der Waals surface area contributed by atoms with Crippen LogP contribution < -0.4 is 5.73 Å². The molecule has 0 aliphatic rings. The fraction of sp³-hybridized carbons (Fsp3) is 0.455. The predicted molar refractivity (Wildman–Crippen MR) is 59.4 cm³/mol. The van der Waals surface area contributed by atoms with Crippen LogP contribution in [0, 0.1) is 5.82 Å². The lowest BCUT2D eigenvalue weighted by molar-refractivity contribution is 0.121. The summed E-state index contributed by atoms with van der Waals surface area (Å²) in [4.78, 5) is 0. The Morgan fingerprint density at radius 2 is 2.27 bits per heavy atom. The summed E-state index contributed by atoms with van der Waals surface area (Å²) in [5.41, 5.74) is 6.12. The minimum absolute atomic E-state index is 0.286. The fourth-order valence-corrected chi connectivity index (χ4v) is 1.61.